The summed E-state index contributed by atoms with van der Waals surface area (Å²) in [5, 5.41) is 27.5. The van der Waals surface area contributed by atoms with E-state index in [9.17, 15) is 15.0 Å². The second-order valence-electron chi connectivity index (χ2n) is 5.10. The maximum absolute atomic E-state index is 10.3. The Kier molecular flexibility index (Phi) is 9.98. The predicted molar refractivity (Wildman–Crippen MR) is 71.3 cm³/mol. The number of aliphatic hydroxyl groups is 2. The second kappa shape index (κ2) is 10.3. The Hall–Kier alpha value is -0.610. The molecule has 0 spiro atoms. The summed E-state index contributed by atoms with van der Waals surface area (Å²) < 4.78 is 0. The van der Waals surface area contributed by atoms with E-state index < -0.39 is 11.8 Å². The van der Waals surface area contributed by atoms with Crippen molar-refractivity contribution in [2.75, 3.05) is 0 Å². The molecule has 0 aromatic heterocycles. The van der Waals surface area contributed by atoms with Crippen molar-refractivity contribution in [3.63, 3.8) is 0 Å². The number of unbranched alkanes of at least 4 members (excludes halogenated alkanes) is 6. The van der Waals surface area contributed by atoms with E-state index >= 15 is 0 Å². The van der Waals surface area contributed by atoms with Crippen LogP contribution in [0.25, 0.3) is 0 Å². The second-order valence-corrected chi connectivity index (χ2v) is 5.10. The Morgan fingerprint density at radius 1 is 0.889 bits per heavy atom. The van der Waals surface area contributed by atoms with Crippen LogP contribution in [0.3, 0.4) is 0 Å². The molecule has 0 aliphatic heterocycles. The Bertz CT molecular complexity index is 214. The van der Waals surface area contributed by atoms with Crippen molar-refractivity contribution in [3.8, 4) is 0 Å². The van der Waals surface area contributed by atoms with E-state index in [0.717, 1.165) is 51.4 Å². The predicted octanol–water partition coefficient (Wildman–Crippen LogP) is 3.06. The standard InChI is InChI=1S/C14H28O4/c1-2-11-14(17,18)12-9-7-5-3-4-6-8-10-13(15)16/h17-18H,2-12H2,1H3,(H,15,16). The number of carbonyl (C=O) groups is 1. The summed E-state index contributed by atoms with van der Waals surface area (Å²) in [5.41, 5.74) is 0. The van der Waals surface area contributed by atoms with Crippen LogP contribution in [0.1, 0.15) is 77.6 Å². The normalized spacial score (nSPS) is 11.7. The van der Waals surface area contributed by atoms with Gasteiger partial charge in [-0.3, -0.25) is 4.79 Å². The average Bonchev–Trinajstić information content (AvgIpc) is 2.26. The fourth-order valence-electron chi connectivity index (χ4n) is 2.09. The minimum Gasteiger partial charge on any atom is -0.481 e. The molecule has 4 heteroatoms. The van der Waals surface area contributed by atoms with Crippen LogP contribution in [-0.2, 0) is 4.79 Å². The topological polar surface area (TPSA) is 77.8 Å². The summed E-state index contributed by atoms with van der Waals surface area (Å²) in [4.78, 5) is 10.3. The monoisotopic (exact) mass is 260 g/mol. The fraction of sp³-hybridized carbons (Fsp3) is 0.929. The summed E-state index contributed by atoms with van der Waals surface area (Å²) in [6, 6.07) is 0. The molecule has 0 aromatic rings. The molecular weight excluding hydrogens is 232 g/mol. The van der Waals surface area contributed by atoms with Gasteiger partial charge in [-0.2, -0.15) is 0 Å². The SMILES string of the molecule is CCCC(O)(O)CCCCCCCCCC(=O)O. The van der Waals surface area contributed by atoms with Gasteiger partial charge in [0.15, 0.2) is 5.79 Å². The first-order valence-electron chi connectivity index (χ1n) is 7.14. The Labute approximate surface area is 110 Å². The van der Waals surface area contributed by atoms with Gasteiger partial charge in [-0.25, -0.2) is 0 Å². The van der Waals surface area contributed by atoms with Gasteiger partial charge in [0.2, 0.25) is 0 Å². The first-order valence-corrected chi connectivity index (χ1v) is 7.14. The quantitative estimate of drug-likeness (QED) is 0.372. The van der Waals surface area contributed by atoms with Gasteiger partial charge < -0.3 is 15.3 Å². The highest BCUT2D eigenvalue weighted by atomic mass is 16.5. The van der Waals surface area contributed by atoms with Crippen molar-refractivity contribution < 1.29 is 20.1 Å². The molecule has 0 atom stereocenters. The van der Waals surface area contributed by atoms with Gasteiger partial charge in [0.1, 0.15) is 0 Å². The molecule has 3 N–H and O–H groups in total. The third kappa shape index (κ3) is 11.9. The van der Waals surface area contributed by atoms with Crippen LogP contribution in [0, 0.1) is 0 Å². The maximum atomic E-state index is 10.3. The molecule has 0 saturated heterocycles. The van der Waals surface area contributed by atoms with Gasteiger partial charge >= 0.3 is 5.97 Å². The van der Waals surface area contributed by atoms with E-state index in [0.29, 0.717) is 12.8 Å². The van der Waals surface area contributed by atoms with E-state index in [1.54, 1.807) is 0 Å². The van der Waals surface area contributed by atoms with Crippen LogP contribution < -0.4 is 0 Å². The Morgan fingerprint density at radius 3 is 1.89 bits per heavy atom. The summed E-state index contributed by atoms with van der Waals surface area (Å²) in [5.74, 6) is -2.19. The molecule has 0 saturated carbocycles. The lowest BCUT2D eigenvalue weighted by atomic mass is 10.0. The van der Waals surface area contributed by atoms with Crippen molar-refractivity contribution in [2.45, 2.75) is 83.3 Å². The molecule has 108 valence electrons. The van der Waals surface area contributed by atoms with Gasteiger partial charge in [0.05, 0.1) is 0 Å². The number of aliphatic carboxylic acids is 1. The number of hydrogen-bond donors (Lipinski definition) is 3. The van der Waals surface area contributed by atoms with Crippen LogP contribution in [0.5, 0.6) is 0 Å². The number of rotatable bonds is 12. The summed E-state index contributed by atoms with van der Waals surface area (Å²) in [6.07, 6.45) is 8.85. The zero-order valence-electron chi connectivity index (χ0n) is 11.5. The summed E-state index contributed by atoms with van der Waals surface area (Å²) in [6.45, 7) is 1.94. The van der Waals surface area contributed by atoms with Crippen LogP contribution in [0.4, 0.5) is 0 Å². The van der Waals surface area contributed by atoms with Crippen LogP contribution >= 0.6 is 0 Å². The van der Waals surface area contributed by atoms with Crippen molar-refractivity contribution in [2.24, 2.45) is 0 Å². The molecule has 4 nitrogen and oxygen atoms in total. The molecule has 18 heavy (non-hydrogen) atoms. The number of carboxylic acids is 1. The van der Waals surface area contributed by atoms with Gasteiger partial charge in [-0.05, 0) is 12.8 Å². The van der Waals surface area contributed by atoms with Gasteiger partial charge in [0, 0.05) is 19.3 Å². The average molecular weight is 260 g/mol. The molecular formula is C14H28O4. The molecule has 0 amide bonds. The van der Waals surface area contributed by atoms with E-state index in [4.69, 9.17) is 5.11 Å². The van der Waals surface area contributed by atoms with Crippen molar-refractivity contribution >= 4 is 5.97 Å². The molecule has 0 bridgehead atoms. The first-order chi connectivity index (χ1) is 8.48. The van der Waals surface area contributed by atoms with Gasteiger partial charge in [-0.15, -0.1) is 0 Å². The van der Waals surface area contributed by atoms with E-state index in [2.05, 4.69) is 0 Å². The third-order valence-corrected chi connectivity index (χ3v) is 3.12. The van der Waals surface area contributed by atoms with Crippen LogP contribution in [0.2, 0.25) is 0 Å². The van der Waals surface area contributed by atoms with Gasteiger partial charge in [-0.1, -0.05) is 45.4 Å². The molecule has 0 aliphatic carbocycles. The lowest BCUT2D eigenvalue weighted by Crippen LogP contribution is -2.27. The fourth-order valence-corrected chi connectivity index (χ4v) is 2.09. The lowest BCUT2D eigenvalue weighted by molar-refractivity contribution is -0.171. The van der Waals surface area contributed by atoms with E-state index in [-0.39, 0.29) is 6.42 Å². The molecule has 0 rings (SSSR count). The molecule has 0 aromatic carbocycles. The van der Waals surface area contributed by atoms with E-state index in [1.165, 1.54) is 0 Å². The van der Waals surface area contributed by atoms with Gasteiger partial charge in [0.25, 0.3) is 0 Å². The minimum absolute atomic E-state index is 0.272. The summed E-state index contributed by atoms with van der Waals surface area (Å²) >= 11 is 0. The number of hydrogen-bond acceptors (Lipinski definition) is 3. The molecule has 0 unspecified atom stereocenters. The largest absolute Gasteiger partial charge is 0.481 e. The Balaban J connectivity index is 3.23. The highest BCUT2D eigenvalue weighted by Gasteiger charge is 2.20. The maximum Gasteiger partial charge on any atom is 0.303 e. The van der Waals surface area contributed by atoms with Crippen molar-refractivity contribution in [1.82, 2.24) is 0 Å². The van der Waals surface area contributed by atoms with Crippen molar-refractivity contribution in [3.05, 3.63) is 0 Å². The Morgan fingerprint density at radius 2 is 1.39 bits per heavy atom. The number of carboxylic acid groups (broad SMARTS) is 1. The zero-order chi connectivity index (χ0) is 13.9. The zero-order valence-corrected chi connectivity index (χ0v) is 11.5. The summed E-state index contributed by atoms with van der Waals surface area (Å²) in [7, 11) is 0. The van der Waals surface area contributed by atoms with Crippen molar-refractivity contribution in [1.29, 1.82) is 0 Å². The first kappa shape index (κ1) is 17.4. The molecule has 0 heterocycles. The van der Waals surface area contributed by atoms with Crippen LogP contribution in [-0.4, -0.2) is 27.1 Å². The molecule has 0 radical (unpaired) electrons. The smallest absolute Gasteiger partial charge is 0.303 e. The highest BCUT2D eigenvalue weighted by molar-refractivity contribution is 5.66. The van der Waals surface area contributed by atoms with E-state index in [1.807, 2.05) is 6.92 Å². The third-order valence-electron chi connectivity index (χ3n) is 3.12. The minimum atomic E-state index is -1.48. The lowest BCUT2D eigenvalue weighted by Gasteiger charge is -2.20. The molecule has 0 aliphatic rings. The van der Waals surface area contributed by atoms with Crippen LogP contribution in [0.15, 0.2) is 0 Å². The highest BCUT2D eigenvalue weighted by Crippen LogP contribution is 2.18. The molecule has 0 fully saturated rings.